The van der Waals surface area contributed by atoms with Crippen molar-refractivity contribution in [1.82, 2.24) is 0 Å². The molecule has 0 aliphatic heterocycles. The average Bonchev–Trinajstić information content (AvgIpc) is 2.87. The topological polar surface area (TPSA) is 63.6 Å². The van der Waals surface area contributed by atoms with Crippen molar-refractivity contribution >= 4 is 11.9 Å². The third-order valence-electron chi connectivity index (χ3n) is 7.04. The molecule has 4 heteroatoms. The quantitative estimate of drug-likeness (QED) is 0.0648. The number of ether oxygens (including phenoxy) is 1. The van der Waals surface area contributed by atoms with E-state index in [0.717, 1.165) is 25.7 Å². The van der Waals surface area contributed by atoms with Crippen LogP contribution in [0.15, 0.2) is 12.2 Å². The van der Waals surface area contributed by atoms with E-state index in [1.54, 1.807) is 0 Å². The van der Waals surface area contributed by atoms with Crippen LogP contribution in [0.4, 0.5) is 0 Å². The molecule has 0 aromatic rings. The van der Waals surface area contributed by atoms with Crippen molar-refractivity contribution in [1.29, 1.82) is 0 Å². The van der Waals surface area contributed by atoms with Crippen LogP contribution in [0.5, 0.6) is 0 Å². The third-order valence-corrected chi connectivity index (χ3v) is 7.04. The summed E-state index contributed by atoms with van der Waals surface area (Å²) in [7, 11) is 0. The van der Waals surface area contributed by atoms with Crippen molar-refractivity contribution < 1.29 is 19.4 Å². The Hall–Kier alpha value is -1.32. The van der Waals surface area contributed by atoms with Gasteiger partial charge < -0.3 is 9.84 Å². The smallest absolute Gasteiger partial charge is 0.307 e. The molecular formula is C32H60O4. The van der Waals surface area contributed by atoms with E-state index in [1.165, 1.54) is 116 Å². The second-order valence-corrected chi connectivity index (χ2v) is 10.7. The van der Waals surface area contributed by atoms with E-state index in [1.807, 2.05) is 6.92 Å². The monoisotopic (exact) mass is 508 g/mol. The molecule has 0 heterocycles. The van der Waals surface area contributed by atoms with Crippen LogP contribution in [0.2, 0.25) is 0 Å². The molecule has 0 aromatic carbocycles. The fourth-order valence-electron chi connectivity index (χ4n) is 4.66. The van der Waals surface area contributed by atoms with Crippen molar-refractivity contribution in [2.24, 2.45) is 5.92 Å². The molecular weight excluding hydrogens is 448 g/mol. The van der Waals surface area contributed by atoms with E-state index in [0.29, 0.717) is 13.0 Å². The summed E-state index contributed by atoms with van der Waals surface area (Å²) in [5, 5.41) is 9.31. The molecule has 0 saturated heterocycles. The Kier molecular flexibility index (Phi) is 27.2. The normalized spacial score (nSPS) is 12.3. The number of aliphatic carboxylic acids is 1. The molecule has 0 fully saturated rings. The molecule has 212 valence electrons. The number of rotatable bonds is 28. The minimum Gasteiger partial charge on any atom is -0.481 e. The van der Waals surface area contributed by atoms with E-state index in [-0.39, 0.29) is 12.4 Å². The van der Waals surface area contributed by atoms with Crippen molar-refractivity contribution in [3.05, 3.63) is 12.2 Å². The summed E-state index contributed by atoms with van der Waals surface area (Å²) in [6.07, 6.45) is 33.6. The predicted molar refractivity (Wildman–Crippen MR) is 153 cm³/mol. The molecule has 0 saturated carbocycles. The van der Waals surface area contributed by atoms with Gasteiger partial charge in [-0.2, -0.15) is 0 Å². The molecule has 36 heavy (non-hydrogen) atoms. The number of carbonyl (C=O) groups excluding carboxylic acids is 1. The van der Waals surface area contributed by atoms with E-state index in [4.69, 9.17) is 4.74 Å². The Morgan fingerprint density at radius 2 is 1.03 bits per heavy atom. The zero-order valence-corrected chi connectivity index (χ0v) is 24.1. The summed E-state index contributed by atoms with van der Waals surface area (Å²) < 4.78 is 5.02. The molecule has 1 atom stereocenters. The van der Waals surface area contributed by atoms with Crippen LogP contribution in [0.1, 0.15) is 168 Å². The Morgan fingerprint density at radius 3 is 1.44 bits per heavy atom. The molecule has 0 aliphatic carbocycles. The summed E-state index contributed by atoms with van der Waals surface area (Å²) in [6.45, 7) is 4.59. The van der Waals surface area contributed by atoms with E-state index in [9.17, 15) is 14.7 Å². The summed E-state index contributed by atoms with van der Waals surface area (Å²) in [5.41, 5.74) is 0. The summed E-state index contributed by atoms with van der Waals surface area (Å²) >= 11 is 0. The predicted octanol–water partition coefficient (Wildman–Crippen LogP) is 10.2. The van der Waals surface area contributed by atoms with Crippen LogP contribution in [0.25, 0.3) is 0 Å². The van der Waals surface area contributed by atoms with Gasteiger partial charge in [0.1, 0.15) is 0 Å². The Bertz CT molecular complexity index is 514. The van der Waals surface area contributed by atoms with Crippen molar-refractivity contribution in [2.45, 2.75) is 168 Å². The number of unbranched alkanes of at least 4 members (excludes halogenated alkanes) is 19. The average molecular weight is 509 g/mol. The Balaban J connectivity index is 3.37. The maximum absolute atomic E-state index is 11.7. The number of hydrogen-bond donors (Lipinski definition) is 1. The van der Waals surface area contributed by atoms with E-state index >= 15 is 0 Å². The summed E-state index contributed by atoms with van der Waals surface area (Å²) in [4.78, 5) is 23.0. The van der Waals surface area contributed by atoms with Crippen LogP contribution >= 0.6 is 0 Å². The van der Waals surface area contributed by atoms with Gasteiger partial charge in [0.05, 0.1) is 18.9 Å². The lowest BCUT2D eigenvalue weighted by molar-refractivity contribution is -0.151. The number of carbonyl (C=O) groups is 2. The number of carboxylic acids is 1. The molecule has 0 radical (unpaired) electrons. The molecule has 4 nitrogen and oxygen atoms in total. The number of esters is 1. The van der Waals surface area contributed by atoms with Crippen LogP contribution in [0, 0.1) is 5.92 Å². The molecule has 0 aromatic heterocycles. The fourth-order valence-corrected chi connectivity index (χ4v) is 4.66. The van der Waals surface area contributed by atoms with Crippen LogP contribution in [0.3, 0.4) is 0 Å². The first kappa shape index (κ1) is 34.7. The molecule has 0 spiro atoms. The highest BCUT2D eigenvalue weighted by Crippen LogP contribution is 2.17. The van der Waals surface area contributed by atoms with Gasteiger partial charge in [-0.3, -0.25) is 9.59 Å². The number of hydrogen-bond acceptors (Lipinski definition) is 3. The van der Waals surface area contributed by atoms with E-state index in [2.05, 4.69) is 19.1 Å². The maximum Gasteiger partial charge on any atom is 0.307 e. The Morgan fingerprint density at radius 1 is 0.611 bits per heavy atom. The van der Waals surface area contributed by atoms with Crippen LogP contribution in [-0.2, 0) is 14.3 Å². The highest BCUT2D eigenvalue weighted by Gasteiger charge is 2.21. The van der Waals surface area contributed by atoms with Gasteiger partial charge in [0.2, 0.25) is 0 Å². The van der Waals surface area contributed by atoms with E-state index < -0.39 is 11.9 Å². The lowest BCUT2D eigenvalue weighted by atomic mass is 9.97. The minimum absolute atomic E-state index is 0.00440. The highest BCUT2D eigenvalue weighted by molar-refractivity contribution is 5.78. The van der Waals surface area contributed by atoms with Crippen molar-refractivity contribution in [2.75, 3.05) is 6.61 Å². The van der Waals surface area contributed by atoms with Gasteiger partial charge in [0.25, 0.3) is 0 Å². The van der Waals surface area contributed by atoms with Crippen molar-refractivity contribution in [3.8, 4) is 0 Å². The second-order valence-electron chi connectivity index (χ2n) is 10.7. The van der Waals surface area contributed by atoms with Gasteiger partial charge >= 0.3 is 11.9 Å². The fraction of sp³-hybridized carbons (Fsp3) is 0.875. The standard InChI is InChI=1S/C32H60O4/c1-3-5-6-7-8-9-10-11-12-13-14-15-16-17-18-19-20-21-22-23-24-25-26-27-30(32(34)35)29-31(33)36-28-4-2/h14-15,30H,3-13,16-29H2,1-2H3,(H,34,35)/b15-14+. The van der Waals surface area contributed by atoms with Crippen LogP contribution < -0.4 is 0 Å². The van der Waals surface area contributed by atoms with Gasteiger partial charge in [-0.15, -0.1) is 0 Å². The second kappa shape index (κ2) is 28.3. The molecule has 1 unspecified atom stereocenters. The van der Waals surface area contributed by atoms with Gasteiger partial charge in [0.15, 0.2) is 0 Å². The Labute approximate surface area is 224 Å². The third kappa shape index (κ3) is 25.8. The largest absolute Gasteiger partial charge is 0.481 e. The summed E-state index contributed by atoms with van der Waals surface area (Å²) in [6, 6.07) is 0. The summed E-state index contributed by atoms with van der Waals surface area (Å²) in [5.74, 6) is -1.86. The van der Waals surface area contributed by atoms with Gasteiger partial charge in [0, 0.05) is 0 Å². The lowest BCUT2D eigenvalue weighted by Crippen LogP contribution is -2.19. The zero-order valence-electron chi connectivity index (χ0n) is 24.1. The lowest BCUT2D eigenvalue weighted by Gasteiger charge is -2.11. The van der Waals surface area contributed by atoms with Crippen LogP contribution in [-0.4, -0.2) is 23.7 Å². The van der Waals surface area contributed by atoms with Gasteiger partial charge in [-0.05, 0) is 38.5 Å². The number of carboxylic acid groups (broad SMARTS) is 1. The van der Waals surface area contributed by atoms with Crippen molar-refractivity contribution in [3.63, 3.8) is 0 Å². The van der Waals surface area contributed by atoms with Gasteiger partial charge in [-0.25, -0.2) is 0 Å². The highest BCUT2D eigenvalue weighted by atomic mass is 16.5. The number of allylic oxidation sites excluding steroid dienone is 2. The molecule has 1 N–H and O–H groups in total. The molecule has 0 rings (SSSR count). The molecule has 0 amide bonds. The molecule has 0 aliphatic rings. The zero-order chi connectivity index (χ0) is 26.5. The minimum atomic E-state index is -0.877. The molecule has 0 bridgehead atoms. The maximum atomic E-state index is 11.7. The first-order chi connectivity index (χ1) is 17.6. The first-order valence-electron chi connectivity index (χ1n) is 15.6. The first-order valence-corrected chi connectivity index (χ1v) is 15.6. The SMILES string of the molecule is CCCCCCCCCCC/C=C/CCCCCCCCCCCCC(CC(=O)OCCC)C(=O)O. The van der Waals surface area contributed by atoms with Gasteiger partial charge in [-0.1, -0.05) is 135 Å².